The first kappa shape index (κ1) is 15.3. The molecule has 1 atom stereocenters. The Hall–Kier alpha value is -1.11. The Kier molecular flexibility index (Phi) is 4.67. The molecule has 0 radical (unpaired) electrons. The minimum atomic E-state index is -3.48. The van der Waals surface area contributed by atoms with Gasteiger partial charge in [0.05, 0.1) is 10.5 Å². The van der Waals surface area contributed by atoms with Crippen molar-refractivity contribution in [1.82, 2.24) is 4.72 Å². The lowest BCUT2D eigenvalue weighted by Gasteiger charge is -2.23. The van der Waals surface area contributed by atoms with Crippen LogP contribution in [0.1, 0.15) is 26.7 Å². The summed E-state index contributed by atoms with van der Waals surface area (Å²) in [6, 6.07) is 6.76. The van der Waals surface area contributed by atoms with E-state index in [1.54, 1.807) is 24.3 Å². The molecule has 112 valence electrons. The van der Waals surface area contributed by atoms with Crippen LogP contribution in [0.25, 0.3) is 0 Å². The molecule has 20 heavy (non-hydrogen) atoms. The molecule has 0 spiro atoms. The molecule has 0 amide bonds. The lowest BCUT2D eigenvalue weighted by molar-refractivity contribution is 0.0250. The number of rotatable bonds is 6. The van der Waals surface area contributed by atoms with Gasteiger partial charge in [-0.05, 0) is 51.0 Å². The van der Waals surface area contributed by atoms with Gasteiger partial charge in [-0.25, -0.2) is 13.1 Å². The van der Waals surface area contributed by atoms with Gasteiger partial charge < -0.3 is 10.1 Å². The van der Waals surface area contributed by atoms with Crippen LogP contribution in [-0.4, -0.2) is 33.7 Å². The van der Waals surface area contributed by atoms with Crippen molar-refractivity contribution >= 4 is 15.7 Å². The predicted octanol–water partition coefficient (Wildman–Crippen LogP) is 1.97. The van der Waals surface area contributed by atoms with Gasteiger partial charge in [-0.1, -0.05) is 0 Å². The predicted molar refractivity (Wildman–Crippen MR) is 79.4 cm³/mol. The first-order valence-corrected chi connectivity index (χ1v) is 8.41. The second kappa shape index (κ2) is 6.11. The average molecular weight is 298 g/mol. The molecule has 1 aliphatic heterocycles. The Morgan fingerprint density at radius 2 is 2.00 bits per heavy atom. The van der Waals surface area contributed by atoms with Crippen molar-refractivity contribution in [2.45, 2.75) is 37.2 Å². The highest BCUT2D eigenvalue weighted by Crippen LogP contribution is 2.24. The van der Waals surface area contributed by atoms with E-state index in [4.69, 9.17) is 4.74 Å². The van der Waals surface area contributed by atoms with Crippen LogP contribution in [0, 0.1) is 0 Å². The fourth-order valence-electron chi connectivity index (χ4n) is 2.26. The van der Waals surface area contributed by atoms with Crippen molar-refractivity contribution in [1.29, 1.82) is 0 Å². The van der Waals surface area contributed by atoms with Gasteiger partial charge in [0.15, 0.2) is 0 Å². The van der Waals surface area contributed by atoms with Gasteiger partial charge in [-0.15, -0.1) is 0 Å². The number of nitrogens with one attached hydrogen (secondary N) is 2. The third kappa shape index (κ3) is 3.71. The molecule has 6 heteroatoms. The Morgan fingerprint density at radius 3 is 2.55 bits per heavy atom. The van der Waals surface area contributed by atoms with Crippen molar-refractivity contribution in [2.75, 3.05) is 25.0 Å². The molecule has 1 aromatic rings. The van der Waals surface area contributed by atoms with E-state index in [-0.39, 0.29) is 10.5 Å². The minimum Gasteiger partial charge on any atom is -0.385 e. The Bertz CT molecular complexity index is 534. The zero-order chi connectivity index (χ0) is 14.6. The number of hydrogen-bond acceptors (Lipinski definition) is 4. The van der Waals surface area contributed by atoms with Gasteiger partial charge in [0.25, 0.3) is 0 Å². The SMILES string of the molecule is CCNc1ccc(S(=O)(=O)NCC2(C)CCCO2)cc1. The minimum absolute atomic E-state index is 0.278. The molecule has 0 aliphatic carbocycles. The van der Waals surface area contributed by atoms with Gasteiger partial charge >= 0.3 is 0 Å². The number of anilines is 1. The highest BCUT2D eigenvalue weighted by Gasteiger charge is 2.31. The summed E-state index contributed by atoms with van der Waals surface area (Å²) in [5.41, 5.74) is 0.536. The van der Waals surface area contributed by atoms with Crippen LogP contribution in [-0.2, 0) is 14.8 Å². The summed E-state index contributed by atoms with van der Waals surface area (Å²) in [4.78, 5) is 0.278. The third-order valence-electron chi connectivity index (χ3n) is 3.48. The van der Waals surface area contributed by atoms with Gasteiger partial charge in [-0.3, -0.25) is 0 Å². The van der Waals surface area contributed by atoms with E-state index in [0.717, 1.165) is 25.1 Å². The average Bonchev–Trinajstić information content (AvgIpc) is 2.85. The summed E-state index contributed by atoms with van der Waals surface area (Å²) in [6.07, 6.45) is 1.87. The monoisotopic (exact) mass is 298 g/mol. The summed E-state index contributed by atoms with van der Waals surface area (Å²) in [6.45, 7) is 5.76. The highest BCUT2D eigenvalue weighted by molar-refractivity contribution is 7.89. The van der Waals surface area contributed by atoms with E-state index in [0.29, 0.717) is 13.2 Å². The largest absolute Gasteiger partial charge is 0.385 e. The molecule has 1 fully saturated rings. The van der Waals surface area contributed by atoms with Gasteiger partial charge in [0, 0.05) is 25.4 Å². The number of benzene rings is 1. The van der Waals surface area contributed by atoms with E-state index in [9.17, 15) is 8.42 Å². The lowest BCUT2D eigenvalue weighted by Crippen LogP contribution is -2.40. The number of hydrogen-bond donors (Lipinski definition) is 2. The van der Waals surface area contributed by atoms with Gasteiger partial charge in [0.2, 0.25) is 10.0 Å². The summed E-state index contributed by atoms with van der Waals surface area (Å²) in [7, 11) is -3.48. The molecule has 0 bridgehead atoms. The van der Waals surface area contributed by atoms with Crippen molar-refractivity contribution in [2.24, 2.45) is 0 Å². The van der Waals surface area contributed by atoms with E-state index in [1.807, 2.05) is 13.8 Å². The second-order valence-corrected chi connectivity index (χ2v) is 7.05. The molecule has 1 saturated heterocycles. The van der Waals surface area contributed by atoms with E-state index in [1.165, 1.54) is 0 Å². The standard InChI is InChI=1S/C14H22N2O3S/c1-3-15-12-5-7-13(8-6-12)20(17,18)16-11-14(2)9-4-10-19-14/h5-8,15-16H,3-4,9-11H2,1-2H3. The molecule has 0 saturated carbocycles. The molecule has 5 nitrogen and oxygen atoms in total. The maximum atomic E-state index is 12.2. The van der Waals surface area contributed by atoms with Crippen LogP contribution < -0.4 is 10.0 Å². The first-order valence-electron chi connectivity index (χ1n) is 6.93. The van der Waals surface area contributed by atoms with E-state index in [2.05, 4.69) is 10.0 Å². The molecule has 1 aliphatic rings. The van der Waals surface area contributed by atoms with Crippen molar-refractivity contribution in [3.8, 4) is 0 Å². The van der Waals surface area contributed by atoms with Gasteiger partial charge in [0.1, 0.15) is 0 Å². The van der Waals surface area contributed by atoms with Gasteiger partial charge in [-0.2, -0.15) is 0 Å². The molecular weight excluding hydrogens is 276 g/mol. The molecule has 1 aromatic carbocycles. The molecule has 2 rings (SSSR count). The fourth-order valence-corrected chi connectivity index (χ4v) is 3.42. The Balaban J connectivity index is 2.02. The Labute approximate surface area is 120 Å². The zero-order valence-electron chi connectivity index (χ0n) is 12.0. The normalized spacial score (nSPS) is 22.9. The smallest absolute Gasteiger partial charge is 0.240 e. The van der Waals surface area contributed by atoms with Crippen molar-refractivity contribution in [3.05, 3.63) is 24.3 Å². The van der Waals surface area contributed by atoms with E-state index < -0.39 is 10.0 Å². The lowest BCUT2D eigenvalue weighted by atomic mass is 10.0. The molecular formula is C14H22N2O3S. The number of sulfonamides is 1. The van der Waals surface area contributed by atoms with Crippen molar-refractivity contribution < 1.29 is 13.2 Å². The quantitative estimate of drug-likeness (QED) is 0.842. The van der Waals surface area contributed by atoms with Crippen LogP contribution in [0.4, 0.5) is 5.69 Å². The van der Waals surface area contributed by atoms with Crippen LogP contribution in [0.5, 0.6) is 0 Å². The summed E-state index contributed by atoms with van der Waals surface area (Å²) >= 11 is 0. The fraction of sp³-hybridized carbons (Fsp3) is 0.571. The Morgan fingerprint density at radius 1 is 1.30 bits per heavy atom. The summed E-state index contributed by atoms with van der Waals surface area (Å²) in [5, 5.41) is 3.13. The first-order chi connectivity index (χ1) is 9.45. The topological polar surface area (TPSA) is 67.4 Å². The van der Waals surface area contributed by atoms with Crippen molar-refractivity contribution in [3.63, 3.8) is 0 Å². The molecule has 0 aromatic heterocycles. The summed E-state index contributed by atoms with van der Waals surface area (Å²) < 4.78 is 32.6. The van der Waals surface area contributed by atoms with Crippen LogP contribution in [0.15, 0.2) is 29.2 Å². The maximum absolute atomic E-state index is 12.2. The molecule has 2 N–H and O–H groups in total. The van der Waals surface area contributed by atoms with Crippen LogP contribution in [0.3, 0.4) is 0 Å². The van der Waals surface area contributed by atoms with E-state index >= 15 is 0 Å². The van der Waals surface area contributed by atoms with Crippen LogP contribution in [0.2, 0.25) is 0 Å². The van der Waals surface area contributed by atoms with Crippen LogP contribution >= 0.6 is 0 Å². The maximum Gasteiger partial charge on any atom is 0.240 e. The molecule has 1 heterocycles. The second-order valence-electron chi connectivity index (χ2n) is 5.28. The highest BCUT2D eigenvalue weighted by atomic mass is 32.2. The number of ether oxygens (including phenoxy) is 1. The summed E-state index contributed by atoms with van der Waals surface area (Å²) in [5.74, 6) is 0. The zero-order valence-corrected chi connectivity index (χ0v) is 12.8. The molecule has 1 unspecified atom stereocenters. The third-order valence-corrected chi connectivity index (χ3v) is 4.90.